The highest BCUT2D eigenvalue weighted by atomic mass is 16.5. The second-order valence-corrected chi connectivity index (χ2v) is 2.78. The first-order valence-electron chi connectivity index (χ1n) is 3.46. The van der Waals surface area contributed by atoms with Crippen LogP contribution in [0, 0.1) is 0 Å². The minimum atomic E-state index is -0.889. The van der Waals surface area contributed by atoms with Crippen molar-refractivity contribution in [2.45, 2.75) is 19.2 Å². The molecule has 0 aromatic heterocycles. The first-order valence-corrected chi connectivity index (χ1v) is 3.46. The van der Waals surface area contributed by atoms with Gasteiger partial charge in [0.2, 0.25) is 0 Å². The topological polar surface area (TPSA) is 72.5 Å². The zero-order valence-electron chi connectivity index (χ0n) is 7.13. The summed E-state index contributed by atoms with van der Waals surface area (Å²) in [6.45, 7) is 2.89. The Morgan fingerprint density at radius 3 is 2.36 bits per heavy atom. The van der Waals surface area contributed by atoms with E-state index in [9.17, 15) is 4.79 Å². The van der Waals surface area contributed by atoms with Gasteiger partial charge in [0.1, 0.15) is 0 Å². The maximum absolute atomic E-state index is 10.5. The van der Waals surface area contributed by atoms with E-state index in [0.29, 0.717) is 0 Å². The Bertz CT molecular complexity index is 147. The Morgan fingerprint density at radius 2 is 2.27 bits per heavy atom. The van der Waals surface area contributed by atoms with E-state index in [4.69, 9.17) is 15.6 Å². The molecule has 4 nitrogen and oxygen atoms in total. The molecule has 0 bridgehead atoms. The highest BCUT2D eigenvalue weighted by Crippen LogP contribution is 2.12. The molecule has 3 N–H and O–H groups in total. The molecular weight excluding hydrogens is 145 g/mol. The zero-order valence-corrected chi connectivity index (χ0v) is 7.13. The number of nitrogens with two attached hydrogens (primary N) is 1. The van der Waals surface area contributed by atoms with Crippen molar-refractivity contribution < 1.29 is 14.6 Å². The number of hydrogen-bond donors (Lipinski definition) is 2. The lowest BCUT2D eigenvalue weighted by Gasteiger charge is -2.27. The van der Waals surface area contributed by atoms with Gasteiger partial charge in [-0.3, -0.25) is 4.79 Å². The van der Waals surface area contributed by atoms with E-state index in [-0.39, 0.29) is 6.54 Å². The van der Waals surface area contributed by atoms with Crippen molar-refractivity contribution in [1.29, 1.82) is 0 Å². The van der Waals surface area contributed by atoms with Crippen LogP contribution < -0.4 is 5.73 Å². The van der Waals surface area contributed by atoms with Crippen LogP contribution in [0.3, 0.4) is 0 Å². The van der Waals surface area contributed by atoms with E-state index in [1.54, 1.807) is 13.7 Å². The molecule has 64 valence electrons. The van der Waals surface area contributed by atoms with E-state index in [0.717, 1.165) is 0 Å². The zero-order chi connectivity index (χ0) is 9.07. The standard InChI is InChI=1S/C6H14BNO3/c1-6(4-8,11-3)7(2)5(9)10/h4,8H2,1-3H3,(H,9,10). The number of hydrogen-bond acceptors (Lipinski definition) is 3. The average Bonchev–Trinajstić information content (AvgIpc) is 2.01. The molecule has 0 aliphatic carbocycles. The summed E-state index contributed by atoms with van der Waals surface area (Å²) in [7, 11) is 1.46. The minimum absolute atomic E-state index is 0.205. The molecule has 5 heteroatoms. The van der Waals surface area contributed by atoms with Crippen LogP contribution in [0.1, 0.15) is 6.92 Å². The number of rotatable bonds is 4. The Kier molecular flexibility index (Phi) is 3.55. The molecule has 0 aliphatic heterocycles. The molecule has 1 unspecified atom stereocenters. The molecule has 0 saturated heterocycles. The van der Waals surface area contributed by atoms with Crippen molar-refractivity contribution in [2.75, 3.05) is 13.7 Å². The third-order valence-electron chi connectivity index (χ3n) is 2.16. The number of ether oxygens (including phenoxy) is 1. The van der Waals surface area contributed by atoms with Crippen LogP contribution in [-0.2, 0) is 4.74 Å². The summed E-state index contributed by atoms with van der Waals surface area (Å²) in [6, 6.07) is 0. The largest absolute Gasteiger partial charge is 0.489 e. The lowest BCUT2D eigenvalue weighted by Crippen LogP contribution is -2.53. The third kappa shape index (κ3) is 2.20. The molecular formula is C6H14BNO3. The molecule has 11 heavy (non-hydrogen) atoms. The molecule has 1 atom stereocenters. The lowest BCUT2D eigenvalue weighted by atomic mass is 9.40. The van der Waals surface area contributed by atoms with Crippen LogP contribution in [0.5, 0.6) is 0 Å². The second-order valence-electron chi connectivity index (χ2n) is 2.78. The van der Waals surface area contributed by atoms with Crippen molar-refractivity contribution in [2.24, 2.45) is 5.73 Å². The molecule has 0 aromatic rings. The predicted molar refractivity (Wildman–Crippen MR) is 44.1 cm³/mol. The average molecular weight is 159 g/mol. The van der Waals surface area contributed by atoms with Crippen molar-refractivity contribution >= 4 is 12.6 Å². The van der Waals surface area contributed by atoms with Crippen molar-refractivity contribution in [1.82, 2.24) is 0 Å². The maximum Gasteiger partial charge on any atom is 0.311 e. The molecule has 0 saturated carbocycles. The Labute approximate surface area is 66.8 Å². The fraction of sp³-hybridized carbons (Fsp3) is 0.833. The third-order valence-corrected chi connectivity index (χ3v) is 2.16. The van der Waals surface area contributed by atoms with Gasteiger partial charge in [-0.05, 0) is 6.92 Å². The van der Waals surface area contributed by atoms with Gasteiger partial charge in [0.25, 0.3) is 5.87 Å². The van der Waals surface area contributed by atoms with E-state index >= 15 is 0 Å². The SMILES string of the molecule is COC(C)(CN)B(C)C(=O)O. The molecule has 0 aromatic carbocycles. The van der Waals surface area contributed by atoms with Gasteiger partial charge in [-0.1, -0.05) is 6.82 Å². The van der Waals surface area contributed by atoms with Gasteiger partial charge in [-0.2, -0.15) is 0 Å². The van der Waals surface area contributed by atoms with Crippen LogP contribution in [0.25, 0.3) is 0 Å². The molecule has 0 heterocycles. The summed E-state index contributed by atoms with van der Waals surface area (Å²) in [5.41, 5.74) is 4.61. The van der Waals surface area contributed by atoms with E-state index in [2.05, 4.69) is 0 Å². The van der Waals surface area contributed by atoms with E-state index < -0.39 is 18.1 Å². The summed E-state index contributed by atoms with van der Waals surface area (Å²) in [4.78, 5) is 10.5. The summed E-state index contributed by atoms with van der Waals surface area (Å²) in [5.74, 6) is -0.889. The summed E-state index contributed by atoms with van der Waals surface area (Å²) >= 11 is 0. The van der Waals surface area contributed by atoms with Gasteiger partial charge in [0, 0.05) is 13.7 Å². The molecule has 0 rings (SSSR count). The fourth-order valence-corrected chi connectivity index (χ4v) is 0.698. The monoisotopic (exact) mass is 159 g/mol. The smallest absolute Gasteiger partial charge is 0.311 e. The van der Waals surface area contributed by atoms with Crippen LogP contribution in [-0.4, -0.2) is 36.8 Å². The van der Waals surface area contributed by atoms with Gasteiger partial charge < -0.3 is 15.6 Å². The maximum atomic E-state index is 10.5. The summed E-state index contributed by atoms with van der Waals surface area (Å²) < 4.78 is 5.00. The van der Waals surface area contributed by atoms with Crippen LogP contribution in [0.2, 0.25) is 6.82 Å². The number of carboxylic acid groups (broad SMARTS) is 1. The Hall–Kier alpha value is -0.545. The van der Waals surface area contributed by atoms with E-state index in [1.807, 2.05) is 0 Å². The first-order chi connectivity index (χ1) is 4.98. The molecule has 0 aliphatic rings. The van der Waals surface area contributed by atoms with Gasteiger partial charge >= 0.3 is 6.71 Å². The Balaban J connectivity index is 4.36. The lowest BCUT2D eigenvalue weighted by molar-refractivity contribution is 0.0793. The van der Waals surface area contributed by atoms with Gasteiger partial charge in [-0.15, -0.1) is 0 Å². The molecule has 0 spiro atoms. The summed E-state index contributed by atoms with van der Waals surface area (Å²) in [6.07, 6.45) is 0. The highest BCUT2D eigenvalue weighted by molar-refractivity contribution is 6.89. The van der Waals surface area contributed by atoms with Crippen molar-refractivity contribution in [3.63, 3.8) is 0 Å². The first kappa shape index (κ1) is 10.5. The van der Waals surface area contributed by atoms with Crippen LogP contribution in [0.15, 0.2) is 0 Å². The van der Waals surface area contributed by atoms with Gasteiger partial charge in [-0.25, -0.2) is 0 Å². The van der Waals surface area contributed by atoms with Crippen molar-refractivity contribution in [3.8, 4) is 0 Å². The van der Waals surface area contributed by atoms with Gasteiger partial charge in [0.05, 0.1) is 5.50 Å². The molecule has 0 amide bonds. The second kappa shape index (κ2) is 3.73. The number of carbonyl (C=O) groups is 1. The van der Waals surface area contributed by atoms with Crippen molar-refractivity contribution in [3.05, 3.63) is 0 Å². The Morgan fingerprint density at radius 1 is 1.82 bits per heavy atom. The van der Waals surface area contributed by atoms with Gasteiger partial charge in [0.15, 0.2) is 0 Å². The normalized spacial score (nSPS) is 15.6. The number of methoxy groups -OCH3 is 1. The van der Waals surface area contributed by atoms with Crippen LogP contribution in [0.4, 0.5) is 4.79 Å². The van der Waals surface area contributed by atoms with E-state index in [1.165, 1.54) is 7.11 Å². The predicted octanol–water partition coefficient (Wildman–Crippen LogP) is 0.274. The molecule has 0 radical (unpaired) electrons. The van der Waals surface area contributed by atoms with Crippen LogP contribution >= 0.6 is 0 Å². The fourth-order valence-electron chi connectivity index (χ4n) is 0.698. The summed E-state index contributed by atoms with van der Waals surface area (Å²) in [5, 5.41) is 8.64. The minimum Gasteiger partial charge on any atom is -0.489 e. The molecule has 0 fully saturated rings. The quantitative estimate of drug-likeness (QED) is 0.577. The highest BCUT2D eigenvalue weighted by Gasteiger charge is 2.38.